The Morgan fingerprint density at radius 2 is 1.00 bits per heavy atom. The lowest BCUT2D eigenvalue weighted by molar-refractivity contribution is 0.102. The van der Waals surface area contributed by atoms with E-state index in [0.717, 1.165) is 40.6 Å². The quantitative estimate of drug-likeness (QED) is 0.759. The first-order valence-corrected chi connectivity index (χ1v) is 7.15. The summed E-state index contributed by atoms with van der Waals surface area (Å²) >= 11 is 0. The van der Waals surface area contributed by atoms with E-state index in [1.807, 2.05) is 0 Å². The molecule has 2 heterocycles. The van der Waals surface area contributed by atoms with Crippen LogP contribution in [0.2, 0.25) is 0 Å². The normalized spacial score (nSPS) is 26.5. The molecule has 0 aromatic rings. The molecule has 3 aliphatic rings. The Balaban J connectivity index is 0.000000284. The molecule has 116 valence electrons. The zero-order valence-electron chi connectivity index (χ0n) is 12.3. The predicted molar refractivity (Wildman–Crippen MR) is 74.3 cm³/mol. The van der Waals surface area contributed by atoms with Gasteiger partial charge in [-0.2, -0.15) is 0 Å². The van der Waals surface area contributed by atoms with Crippen molar-refractivity contribution in [3.8, 4) is 0 Å². The molecule has 1 saturated carbocycles. The summed E-state index contributed by atoms with van der Waals surface area (Å²) in [5.74, 6) is 0. The van der Waals surface area contributed by atoms with Crippen molar-refractivity contribution in [1.29, 1.82) is 0 Å². The number of hydrogen-bond acceptors (Lipinski definition) is 5. The van der Waals surface area contributed by atoms with Gasteiger partial charge in [0.1, 0.15) is 12.2 Å². The van der Waals surface area contributed by atoms with Crippen molar-refractivity contribution < 1.29 is 24.4 Å². The number of aliphatic hydroxyl groups is 2. The van der Waals surface area contributed by atoms with E-state index in [0.29, 0.717) is 12.2 Å². The van der Waals surface area contributed by atoms with Gasteiger partial charge in [0.15, 0.2) is 0 Å². The van der Waals surface area contributed by atoms with E-state index in [9.17, 15) is 0 Å². The van der Waals surface area contributed by atoms with Crippen molar-refractivity contribution in [3.63, 3.8) is 0 Å². The van der Waals surface area contributed by atoms with Gasteiger partial charge in [-0.15, -0.1) is 0 Å². The smallest absolute Gasteiger partial charge is 0.104 e. The van der Waals surface area contributed by atoms with E-state index in [1.165, 1.54) is 38.5 Å². The maximum Gasteiger partial charge on any atom is 0.104 e. The zero-order valence-corrected chi connectivity index (χ0v) is 12.3. The molecule has 0 spiro atoms. The van der Waals surface area contributed by atoms with Crippen molar-refractivity contribution in [2.24, 2.45) is 0 Å². The molecular weight excluding hydrogens is 248 g/mol. The molecule has 19 heavy (non-hydrogen) atoms. The highest BCUT2D eigenvalue weighted by Gasteiger charge is 2.26. The van der Waals surface area contributed by atoms with Crippen LogP contribution in [0.15, 0.2) is 0 Å². The van der Waals surface area contributed by atoms with Gasteiger partial charge in [-0.1, -0.05) is 38.5 Å². The van der Waals surface area contributed by atoms with Crippen LogP contribution in [0.4, 0.5) is 0 Å². The fraction of sp³-hybridized carbons (Fsp3) is 1.00. The molecule has 0 amide bonds. The van der Waals surface area contributed by atoms with Crippen LogP contribution in [0, 0.1) is 0 Å². The molecule has 0 bridgehead atoms. The molecule has 2 atom stereocenters. The number of aliphatic hydroxyl groups excluding tert-OH is 2. The minimum Gasteiger partial charge on any atom is -0.400 e. The van der Waals surface area contributed by atoms with E-state index in [4.69, 9.17) is 24.4 Å². The van der Waals surface area contributed by atoms with Crippen LogP contribution >= 0.6 is 0 Å². The van der Waals surface area contributed by atoms with E-state index < -0.39 is 0 Å². The molecule has 0 aromatic carbocycles. The topological polar surface area (TPSA) is 74.8 Å². The van der Waals surface area contributed by atoms with Crippen LogP contribution in [0.5, 0.6) is 0 Å². The van der Waals surface area contributed by atoms with Gasteiger partial charge >= 0.3 is 0 Å². The maximum atomic E-state index is 7.00. The predicted octanol–water partition coefficient (Wildman–Crippen LogP) is 1.36. The number of hydrogen-bond donors (Lipinski definition) is 2. The SMILES string of the molecule is C(OCC1CO1)C1CO1.C1CCCCC1.CO.CO. The number of rotatable bonds is 4. The Labute approximate surface area is 116 Å². The molecule has 5 heteroatoms. The van der Waals surface area contributed by atoms with Crippen molar-refractivity contribution >= 4 is 0 Å². The molecule has 3 fully saturated rings. The van der Waals surface area contributed by atoms with E-state index in [2.05, 4.69) is 0 Å². The van der Waals surface area contributed by atoms with Gasteiger partial charge in [-0.25, -0.2) is 0 Å². The van der Waals surface area contributed by atoms with Crippen molar-refractivity contribution in [3.05, 3.63) is 0 Å². The minimum absolute atomic E-state index is 0.392. The fourth-order valence-electron chi connectivity index (χ4n) is 1.72. The molecule has 2 N–H and O–H groups in total. The van der Waals surface area contributed by atoms with Crippen LogP contribution in [0.1, 0.15) is 38.5 Å². The highest BCUT2D eigenvalue weighted by atomic mass is 16.6. The van der Waals surface area contributed by atoms with Gasteiger partial charge in [0.25, 0.3) is 0 Å². The monoisotopic (exact) mass is 278 g/mol. The second-order valence-corrected chi connectivity index (χ2v) is 4.57. The highest BCUT2D eigenvalue weighted by molar-refractivity contribution is 4.71. The summed E-state index contributed by atoms with van der Waals surface area (Å²) in [6.07, 6.45) is 9.78. The first kappa shape index (κ1) is 18.8. The molecule has 2 saturated heterocycles. The lowest BCUT2D eigenvalue weighted by Crippen LogP contribution is -2.06. The molecule has 2 aliphatic heterocycles. The Morgan fingerprint density at radius 1 is 0.737 bits per heavy atom. The maximum absolute atomic E-state index is 7.00. The summed E-state index contributed by atoms with van der Waals surface area (Å²) < 4.78 is 15.1. The first-order chi connectivity index (χ1) is 9.45. The number of ether oxygens (including phenoxy) is 3. The van der Waals surface area contributed by atoms with Crippen LogP contribution < -0.4 is 0 Å². The third kappa shape index (κ3) is 14.0. The Hall–Kier alpha value is -0.200. The molecule has 3 rings (SSSR count). The van der Waals surface area contributed by atoms with E-state index in [1.54, 1.807) is 0 Å². The molecule has 1 aliphatic carbocycles. The largest absolute Gasteiger partial charge is 0.400 e. The van der Waals surface area contributed by atoms with Gasteiger partial charge in [0.2, 0.25) is 0 Å². The Bertz CT molecular complexity index is 142. The van der Waals surface area contributed by atoms with Crippen LogP contribution in [-0.4, -0.2) is 63.1 Å². The first-order valence-electron chi connectivity index (χ1n) is 7.15. The van der Waals surface area contributed by atoms with Gasteiger partial charge in [-0.3, -0.25) is 0 Å². The summed E-state index contributed by atoms with van der Waals surface area (Å²) in [5, 5.41) is 14.0. The molecule has 0 aromatic heterocycles. The molecule has 2 unspecified atom stereocenters. The van der Waals surface area contributed by atoms with Gasteiger partial charge < -0.3 is 24.4 Å². The fourth-order valence-corrected chi connectivity index (χ4v) is 1.72. The van der Waals surface area contributed by atoms with Crippen LogP contribution in [0.25, 0.3) is 0 Å². The van der Waals surface area contributed by atoms with Gasteiger partial charge in [0, 0.05) is 14.2 Å². The van der Waals surface area contributed by atoms with Crippen molar-refractivity contribution in [2.45, 2.75) is 50.7 Å². The second kappa shape index (κ2) is 14.2. The van der Waals surface area contributed by atoms with E-state index in [-0.39, 0.29) is 0 Å². The number of epoxide rings is 2. The Morgan fingerprint density at radius 3 is 1.21 bits per heavy atom. The van der Waals surface area contributed by atoms with Crippen molar-refractivity contribution in [2.75, 3.05) is 40.6 Å². The molecule has 0 radical (unpaired) electrons. The van der Waals surface area contributed by atoms with Gasteiger partial charge in [0.05, 0.1) is 26.4 Å². The molecular formula is C14H30O5. The third-order valence-electron chi connectivity index (χ3n) is 2.91. The summed E-state index contributed by atoms with van der Waals surface area (Å²) in [4.78, 5) is 0. The molecule has 5 nitrogen and oxygen atoms in total. The summed E-state index contributed by atoms with van der Waals surface area (Å²) in [7, 11) is 2.00. The van der Waals surface area contributed by atoms with Gasteiger partial charge in [-0.05, 0) is 0 Å². The van der Waals surface area contributed by atoms with E-state index >= 15 is 0 Å². The zero-order chi connectivity index (χ0) is 14.3. The van der Waals surface area contributed by atoms with Crippen LogP contribution in [-0.2, 0) is 14.2 Å². The lowest BCUT2D eigenvalue weighted by atomic mass is 10.0. The average Bonchev–Trinajstić information content (AvgIpc) is 3.41. The summed E-state index contributed by atoms with van der Waals surface area (Å²) in [6, 6.07) is 0. The summed E-state index contributed by atoms with van der Waals surface area (Å²) in [5.41, 5.74) is 0. The Kier molecular flexibility index (Phi) is 14.1. The summed E-state index contributed by atoms with van der Waals surface area (Å²) in [6.45, 7) is 3.26. The third-order valence-corrected chi connectivity index (χ3v) is 2.91. The average molecular weight is 278 g/mol. The highest BCUT2D eigenvalue weighted by Crippen LogP contribution is 2.15. The van der Waals surface area contributed by atoms with Crippen molar-refractivity contribution in [1.82, 2.24) is 0 Å². The van der Waals surface area contributed by atoms with Crippen LogP contribution in [0.3, 0.4) is 0 Å². The minimum atomic E-state index is 0.392. The standard InChI is InChI=1S/C6H10O3.C6H12.2CH4O/c1(5-3-8-5)7-2-6-4-9-6;1-2-4-6-5-3-1;2*1-2/h5-6H,1-4H2;1-6H2;2*2H,1H3. The lowest BCUT2D eigenvalue weighted by Gasteiger charge is -2.05. The second-order valence-electron chi connectivity index (χ2n) is 4.57.